The number of nitrogen functional groups attached to an aromatic ring is 1. The lowest BCUT2D eigenvalue weighted by Crippen LogP contribution is -2.39. The van der Waals surface area contributed by atoms with Crippen molar-refractivity contribution in [2.75, 3.05) is 18.8 Å². The van der Waals surface area contributed by atoms with Gasteiger partial charge in [0.1, 0.15) is 0 Å². The van der Waals surface area contributed by atoms with Crippen LogP contribution in [0.4, 0.5) is 5.69 Å². The van der Waals surface area contributed by atoms with Gasteiger partial charge in [0.25, 0.3) is 0 Å². The topological polar surface area (TPSA) is 29.3 Å². The fourth-order valence-electron chi connectivity index (χ4n) is 2.34. The monoisotopic (exact) mass is 270 g/mol. The summed E-state index contributed by atoms with van der Waals surface area (Å²) in [4.78, 5) is 2.49. The molecule has 0 bridgehead atoms. The predicted octanol–water partition coefficient (Wildman–Crippen LogP) is 3.25. The maximum absolute atomic E-state index is 6.04. The van der Waals surface area contributed by atoms with Crippen LogP contribution >= 0.6 is 23.4 Å². The van der Waals surface area contributed by atoms with Gasteiger partial charge in [-0.3, -0.25) is 4.90 Å². The zero-order chi connectivity index (χ0) is 12.4. The number of hydrogen-bond donors (Lipinski definition) is 1. The molecule has 0 spiro atoms. The summed E-state index contributed by atoms with van der Waals surface area (Å²) >= 11 is 8.11. The Labute approximate surface area is 113 Å². The first-order valence-corrected chi connectivity index (χ1v) is 7.28. The summed E-state index contributed by atoms with van der Waals surface area (Å²) in [6.45, 7) is 7.86. The van der Waals surface area contributed by atoms with Crippen molar-refractivity contribution in [3.63, 3.8) is 0 Å². The molecule has 1 aromatic carbocycles. The Morgan fingerprint density at radius 3 is 2.59 bits per heavy atom. The van der Waals surface area contributed by atoms with Crippen molar-refractivity contribution in [1.82, 2.24) is 4.90 Å². The van der Waals surface area contributed by atoms with Crippen LogP contribution < -0.4 is 5.73 Å². The second-order valence-corrected chi connectivity index (χ2v) is 7.10. The number of nitrogens with zero attached hydrogens (tertiary/aromatic N) is 1. The normalized spacial score (nSPS) is 26.1. The SMILES string of the molecule is CC1CN(Cc2ccc(N)c(Cl)c2)CC(C)S1. The standard InChI is InChI=1S/C13H19ClN2S/c1-9-6-16(7-10(2)17-9)8-11-3-4-13(15)12(14)5-11/h3-5,9-10H,6-8,15H2,1-2H3. The third-order valence-electron chi connectivity index (χ3n) is 2.97. The highest BCUT2D eigenvalue weighted by Crippen LogP contribution is 2.27. The van der Waals surface area contributed by atoms with Crippen molar-refractivity contribution >= 4 is 29.1 Å². The van der Waals surface area contributed by atoms with E-state index in [9.17, 15) is 0 Å². The summed E-state index contributed by atoms with van der Waals surface area (Å²) < 4.78 is 0. The minimum absolute atomic E-state index is 0.659. The Morgan fingerprint density at radius 1 is 1.35 bits per heavy atom. The predicted molar refractivity (Wildman–Crippen MR) is 77.7 cm³/mol. The molecular weight excluding hydrogens is 252 g/mol. The first-order chi connectivity index (χ1) is 8.04. The summed E-state index contributed by atoms with van der Waals surface area (Å²) in [7, 11) is 0. The van der Waals surface area contributed by atoms with Gasteiger partial charge in [0, 0.05) is 30.1 Å². The Morgan fingerprint density at radius 2 is 2.00 bits per heavy atom. The number of halogens is 1. The average Bonchev–Trinajstić information content (AvgIpc) is 2.22. The van der Waals surface area contributed by atoms with Crippen molar-refractivity contribution in [3.05, 3.63) is 28.8 Å². The molecule has 2 nitrogen and oxygen atoms in total. The number of anilines is 1. The number of benzene rings is 1. The lowest BCUT2D eigenvalue weighted by atomic mass is 10.2. The van der Waals surface area contributed by atoms with E-state index in [-0.39, 0.29) is 0 Å². The minimum atomic E-state index is 0.659. The molecule has 2 rings (SSSR count). The van der Waals surface area contributed by atoms with E-state index in [0.29, 0.717) is 21.2 Å². The number of hydrogen-bond acceptors (Lipinski definition) is 3. The molecule has 0 aromatic heterocycles. The molecule has 0 amide bonds. The molecule has 2 unspecified atom stereocenters. The van der Waals surface area contributed by atoms with E-state index in [2.05, 4.69) is 36.6 Å². The molecule has 2 atom stereocenters. The highest BCUT2D eigenvalue weighted by Gasteiger charge is 2.22. The minimum Gasteiger partial charge on any atom is -0.398 e. The van der Waals surface area contributed by atoms with Crippen LogP contribution in [0.15, 0.2) is 18.2 Å². The largest absolute Gasteiger partial charge is 0.398 e. The van der Waals surface area contributed by atoms with Gasteiger partial charge in [0.2, 0.25) is 0 Å². The first kappa shape index (κ1) is 13.1. The maximum Gasteiger partial charge on any atom is 0.0638 e. The van der Waals surface area contributed by atoms with Crippen molar-refractivity contribution in [1.29, 1.82) is 0 Å². The van der Waals surface area contributed by atoms with E-state index in [1.807, 2.05) is 12.1 Å². The zero-order valence-corrected chi connectivity index (χ0v) is 11.9. The van der Waals surface area contributed by atoms with E-state index in [0.717, 1.165) is 19.6 Å². The Kier molecular flexibility index (Phi) is 4.23. The van der Waals surface area contributed by atoms with Crippen LogP contribution in [0.1, 0.15) is 19.4 Å². The Hall–Kier alpha value is -0.380. The van der Waals surface area contributed by atoms with Crippen molar-refractivity contribution in [3.8, 4) is 0 Å². The van der Waals surface area contributed by atoms with Crippen LogP contribution in [0.3, 0.4) is 0 Å². The number of nitrogens with two attached hydrogens (primary N) is 1. The molecule has 4 heteroatoms. The molecule has 1 saturated heterocycles. The van der Waals surface area contributed by atoms with E-state index < -0.39 is 0 Å². The van der Waals surface area contributed by atoms with Gasteiger partial charge in [0.05, 0.1) is 10.7 Å². The molecule has 0 saturated carbocycles. The van der Waals surface area contributed by atoms with E-state index in [1.165, 1.54) is 5.56 Å². The zero-order valence-electron chi connectivity index (χ0n) is 10.3. The average molecular weight is 271 g/mol. The Bertz CT molecular complexity index is 387. The van der Waals surface area contributed by atoms with Gasteiger partial charge in [-0.05, 0) is 17.7 Å². The van der Waals surface area contributed by atoms with Crippen LogP contribution in [0.5, 0.6) is 0 Å². The van der Waals surface area contributed by atoms with Crippen LogP contribution in [0, 0.1) is 0 Å². The van der Waals surface area contributed by atoms with Crippen LogP contribution in [-0.4, -0.2) is 28.5 Å². The van der Waals surface area contributed by atoms with Crippen LogP contribution in [-0.2, 0) is 6.54 Å². The number of rotatable bonds is 2. The molecule has 94 valence electrons. The van der Waals surface area contributed by atoms with Crippen molar-refractivity contribution in [2.45, 2.75) is 30.9 Å². The second-order valence-electron chi connectivity index (χ2n) is 4.81. The fraction of sp³-hybridized carbons (Fsp3) is 0.538. The van der Waals surface area contributed by atoms with E-state index in [4.69, 9.17) is 17.3 Å². The molecule has 1 heterocycles. The second kappa shape index (κ2) is 5.51. The van der Waals surface area contributed by atoms with Gasteiger partial charge >= 0.3 is 0 Å². The highest BCUT2D eigenvalue weighted by atomic mass is 35.5. The van der Waals surface area contributed by atoms with Crippen molar-refractivity contribution < 1.29 is 0 Å². The molecule has 1 fully saturated rings. The molecule has 0 radical (unpaired) electrons. The highest BCUT2D eigenvalue weighted by molar-refractivity contribution is 8.00. The summed E-state index contributed by atoms with van der Waals surface area (Å²) in [5.74, 6) is 0. The molecule has 0 aliphatic carbocycles. The smallest absolute Gasteiger partial charge is 0.0638 e. The number of thioether (sulfide) groups is 1. The molecule has 1 aliphatic rings. The first-order valence-electron chi connectivity index (χ1n) is 5.96. The quantitative estimate of drug-likeness (QED) is 0.837. The Balaban J connectivity index is 2.02. The van der Waals surface area contributed by atoms with Crippen molar-refractivity contribution in [2.24, 2.45) is 0 Å². The molecule has 17 heavy (non-hydrogen) atoms. The molecule has 2 N–H and O–H groups in total. The molecule has 1 aromatic rings. The summed E-state index contributed by atoms with van der Waals surface area (Å²) in [5, 5.41) is 2.08. The van der Waals surface area contributed by atoms with Gasteiger partial charge < -0.3 is 5.73 Å². The van der Waals surface area contributed by atoms with Gasteiger partial charge in [-0.2, -0.15) is 11.8 Å². The summed E-state index contributed by atoms with van der Waals surface area (Å²) in [6, 6.07) is 5.94. The van der Waals surface area contributed by atoms with E-state index >= 15 is 0 Å². The summed E-state index contributed by atoms with van der Waals surface area (Å²) in [6.07, 6.45) is 0. The lowest BCUT2D eigenvalue weighted by molar-refractivity contribution is 0.263. The lowest BCUT2D eigenvalue weighted by Gasteiger charge is -2.34. The molecular formula is C13H19ClN2S. The fourth-order valence-corrected chi connectivity index (χ4v) is 3.93. The maximum atomic E-state index is 6.04. The van der Waals surface area contributed by atoms with Gasteiger partial charge in [-0.25, -0.2) is 0 Å². The molecule has 1 aliphatic heterocycles. The van der Waals surface area contributed by atoms with Gasteiger partial charge in [-0.15, -0.1) is 0 Å². The van der Waals surface area contributed by atoms with Crippen LogP contribution in [0.25, 0.3) is 0 Å². The van der Waals surface area contributed by atoms with Gasteiger partial charge in [-0.1, -0.05) is 31.5 Å². The third kappa shape index (κ3) is 3.54. The van der Waals surface area contributed by atoms with Gasteiger partial charge in [0.15, 0.2) is 0 Å². The van der Waals surface area contributed by atoms with E-state index in [1.54, 1.807) is 0 Å². The third-order valence-corrected chi connectivity index (χ3v) is 4.52. The summed E-state index contributed by atoms with van der Waals surface area (Å²) in [5.41, 5.74) is 7.62. The van der Waals surface area contributed by atoms with Crippen LogP contribution in [0.2, 0.25) is 5.02 Å².